The Morgan fingerprint density at radius 1 is 1.34 bits per heavy atom. The fourth-order valence-electron chi connectivity index (χ4n) is 4.24. The van der Waals surface area contributed by atoms with Gasteiger partial charge in [-0.1, -0.05) is 19.1 Å². The maximum Gasteiger partial charge on any atom is 0.423 e. The first-order chi connectivity index (χ1) is 17.8. The third kappa shape index (κ3) is 6.53. The number of carbonyl (C=O) groups is 1. The molecule has 1 aliphatic heterocycles. The van der Waals surface area contributed by atoms with Crippen LogP contribution in [0.15, 0.2) is 36.7 Å². The number of anilines is 1. The van der Waals surface area contributed by atoms with E-state index >= 15 is 0 Å². The Labute approximate surface area is 214 Å². The first-order valence-corrected chi connectivity index (χ1v) is 11.4. The quantitative estimate of drug-likeness (QED) is 0.340. The van der Waals surface area contributed by atoms with Crippen LogP contribution >= 0.6 is 0 Å². The number of piperidine rings is 1. The van der Waals surface area contributed by atoms with Crippen molar-refractivity contribution in [2.75, 3.05) is 32.6 Å². The summed E-state index contributed by atoms with van der Waals surface area (Å²) < 4.78 is 86.9. The van der Waals surface area contributed by atoms with Crippen LogP contribution in [0.1, 0.15) is 24.5 Å². The topological polar surface area (TPSA) is 103 Å². The summed E-state index contributed by atoms with van der Waals surface area (Å²) in [4.78, 5) is 21.5. The van der Waals surface area contributed by atoms with Crippen molar-refractivity contribution in [3.05, 3.63) is 53.6 Å². The predicted molar refractivity (Wildman–Crippen MR) is 127 cm³/mol. The molecule has 0 radical (unpaired) electrons. The highest BCUT2D eigenvalue weighted by Gasteiger charge is 2.47. The monoisotopic (exact) mass is 544 g/mol. The zero-order valence-corrected chi connectivity index (χ0v) is 20.7. The van der Waals surface area contributed by atoms with Gasteiger partial charge in [0.15, 0.2) is 0 Å². The largest absolute Gasteiger partial charge is 0.480 e. The molecule has 14 heteroatoms. The van der Waals surface area contributed by atoms with Crippen molar-refractivity contribution in [1.29, 1.82) is 5.41 Å². The van der Waals surface area contributed by atoms with Gasteiger partial charge >= 0.3 is 6.18 Å². The number of alkyl halides is 5. The van der Waals surface area contributed by atoms with Crippen LogP contribution < -0.4 is 15.4 Å². The van der Waals surface area contributed by atoms with Crippen LogP contribution in [0.3, 0.4) is 0 Å². The second-order valence-electron chi connectivity index (χ2n) is 8.77. The molecule has 2 atom stereocenters. The number of ether oxygens (including phenoxy) is 1. The lowest BCUT2D eigenvalue weighted by Crippen LogP contribution is -2.58. The second kappa shape index (κ2) is 11.3. The SMILES string of the molecule is CN/C=C(\C(=N)C(=O)N1CC(F)(F)C[C@@H](C)C1CNc1ncc(C(F)(F)F)c(OC)n1)c1cccc(F)c1. The number of halogens is 6. The maximum atomic E-state index is 14.5. The fraction of sp³-hybridized carbons (Fsp3) is 0.417. The number of nitrogens with zero attached hydrogens (tertiary/aromatic N) is 3. The summed E-state index contributed by atoms with van der Waals surface area (Å²) in [5.74, 6) is -6.66. The third-order valence-electron chi connectivity index (χ3n) is 5.97. The Balaban J connectivity index is 1.88. The summed E-state index contributed by atoms with van der Waals surface area (Å²) >= 11 is 0. The van der Waals surface area contributed by atoms with E-state index in [4.69, 9.17) is 10.1 Å². The highest BCUT2D eigenvalue weighted by Crippen LogP contribution is 2.36. The molecule has 1 unspecified atom stereocenters. The van der Waals surface area contributed by atoms with Crippen molar-refractivity contribution in [2.24, 2.45) is 5.92 Å². The number of nitrogens with one attached hydrogen (secondary N) is 3. The lowest BCUT2D eigenvalue weighted by atomic mass is 9.87. The molecule has 1 amide bonds. The summed E-state index contributed by atoms with van der Waals surface area (Å²) in [7, 11) is 2.51. The van der Waals surface area contributed by atoms with Crippen molar-refractivity contribution < 1.29 is 35.9 Å². The van der Waals surface area contributed by atoms with Crippen LogP contribution in [0.5, 0.6) is 5.88 Å². The predicted octanol–water partition coefficient (Wildman–Crippen LogP) is 4.21. The van der Waals surface area contributed by atoms with Gasteiger partial charge in [-0.2, -0.15) is 18.2 Å². The Hall–Kier alpha value is -3.84. The Kier molecular flexibility index (Phi) is 8.52. The van der Waals surface area contributed by atoms with Gasteiger partial charge in [0, 0.05) is 38.0 Å². The molecule has 38 heavy (non-hydrogen) atoms. The summed E-state index contributed by atoms with van der Waals surface area (Å²) in [6.45, 7) is 0.308. The molecule has 2 heterocycles. The summed E-state index contributed by atoms with van der Waals surface area (Å²) in [5, 5.41) is 13.8. The van der Waals surface area contributed by atoms with E-state index in [-0.39, 0.29) is 23.6 Å². The lowest BCUT2D eigenvalue weighted by Gasteiger charge is -2.43. The van der Waals surface area contributed by atoms with Crippen molar-refractivity contribution in [1.82, 2.24) is 20.2 Å². The fourth-order valence-corrected chi connectivity index (χ4v) is 4.24. The highest BCUT2D eigenvalue weighted by atomic mass is 19.4. The number of likely N-dealkylation sites (tertiary alicyclic amines) is 1. The van der Waals surface area contributed by atoms with Gasteiger partial charge in [-0.3, -0.25) is 10.2 Å². The van der Waals surface area contributed by atoms with E-state index in [1.54, 1.807) is 0 Å². The van der Waals surface area contributed by atoms with E-state index in [0.29, 0.717) is 6.20 Å². The minimum atomic E-state index is -4.75. The maximum absolute atomic E-state index is 14.5. The standard InChI is InChI=1S/C24H26F6N6O2/c1-13-8-23(26,27)12-36(21(37)19(31)16(9-32-2)14-5-4-6-15(25)7-14)18(13)11-34-22-33-10-17(24(28,29)30)20(35-22)38-3/h4-7,9-10,13,18,31-32H,8,11-12H2,1-3H3,(H,33,34,35)/b16-9-,31-19?/t13-,18?/m1/s1. The average Bonchev–Trinajstić information content (AvgIpc) is 2.84. The molecule has 0 saturated carbocycles. The average molecular weight is 545 g/mol. The summed E-state index contributed by atoms with van der Waals surface area (Å²) in [6, 6.07) is 4.23. The summed E-state index contributed by atoms with van der Waals surface area (Å²) in [5.41, 5.74) is -1.66. The van der Waals surface area contributed by atoms with Crippen molar-refractivity contribution in [3.8, 4) is 5.88 Å². The molecule has 8 nitrogen and oxygen atoms in total. The molecule has 1 saturated heterocycles. The zero-order valence-electron chi connectivity index (χ0n) is 20.7. The van der Waals surface area contributed by atoms with Crippen LogP contribution in [-0.2, 0) is 11.0 Å². The molecule has 2 aromatic rings. The molecule has 206 valence electrons. The van der Waals surface area contributed by atoms with E-state index in [1.807, 2.05) is 0 Å². The molecular weight excluding hydrogens is 518 g/mol. The third-order valence-corrected chi connectivity index (χ3v) is 5.97. The number of amides is 1. The molecule has 0 spiro atoms. The van der Waals surface area contributed by atoms with Crippen LogP contribution in [0.25, 0.3) is 5.57 Å². The minimum Gasteiger partial charge on any atom is -0.480 e. The zero-order chi connectivity index (χ0) is 28.3. The van der Waals surface area contributed by atoms with Crippen LogP contribution in [0.2, 0.25) is 0 Å². The van der Waals surface area contributed by atoms with Crippen LogP contribution in [0, 0.1) is 17.1 Å². The summed E-state index contributed by atoms with van der Waals surface area (Å²) in [6.07, 6.45) is -3.50. The molecule has 0 bridgehead atoms. The van der Waals surface area contributed by atoms with Gasteiger partial charge in [0.1, 0.15) is 17.1 Å². The Morgan fingerprint density at radius 3 is 2.66 bits per heavy atom. The molecule has 1 fully saturated rings. The molecule has 1 aromatic carbocycles. The van der Waals surface area contributed by atoms with Crippen LogP contribution in [0.4, 0.5) is 32.3 Å². The number of benzene rings is 1. The van der Waals surface area contributed by atoms with Gasteiger partial charge in [-0.05, 0) is 23.6 Å². The number of hydrogen-bond acceptors (Lipinski definition) is 7. The Bertz CT molecular complexity index is 1220. The molecule has 0 aliphatic carbocycles. The molecule has 3 rings (SSSR count). The second-order valence-corrected chi connectivity index (χ2v) is 8.77. The number of aromatic nitrogens is 2. The van der Waals surface area contributed by atoms with E-state index in [0.717, 1.165) is 18.1 Å². The van der Waals surface area contributed by atoms with Gasteiger partial charge < -0.3 is 20.3 Å². The van der Waals surface area contributed by atoms with Crippen LogP contribution in [-0.4, -0.2) is 65.7 Å². The smallest absolute Gasteiger partial charge is 0.423 e. The molecule has 1 aromatic heterocycles. The number of carbonyl (C=O) groups excluding carboxylic acids is 1. The van der Waals surface area contributed by atoms with Gasteiger partial charge in [0.2, 0.25) is 11.8 Å². The molecule has 1 aliphatic rings. The van der Waals surface area contributed by atoms with Gasteiger partial charge in [0.25, 0.3) is 11.8 Å². The first kappa shape index (κ1) is 28.7. The van der Waals surface area contributed by atoms with Gasteiger partial charge in [-0.15, -0.1) is 0 Å². The van der Waals surface area contributed by atoms with Crippen molar-refractivity contribution in [3.63, 3.8) is 0 Å². The van der Waals surface area contributed by atoms with E-state index in [1.165, 1.54) is 38.4 Å². The Morgan fingerprint density at radius 2 is 2.05 bits per heavy atom. The van der Waals surface area contributed by atoms with E-state index in [2.05, 4.69) is 20.6 Å². The molecule has 3 N–H and O–H groups in total. The number of rotatable bonds is 8. The van der Waals surface area contributed by atoms with Gasteiger partial charge in [0.05, 0.1) is 19.7 Å². The number of methoxy groups -OCH3 is 1. The van der Waals surface area contributed by atoms with Crippen molar-refractivity contribution >= 4 is 23.1 Å². The van der Waals surface area contributed by atoms with Crippen molar-refractivity contribution in [2.45, 2.75) is 31.5 Å². The minimum absolute atomic E-state index is 0.0129. The highest BCUT2D eigenvalue weighted by molar-refractivity contribution is 6.54. The molecular formula is C24H26F6N6O2. The lowest BCUT2D eigenvalue weighted by molar-refractivity contribution is -0.145. The van der Waals surface area contributed by atoms with E-state index in [9.17, 15) is 31.1 Å². The van der Waals surface area contributed by atoms with Gasteiger partial charge in [-0.25, -0.2) is 18.2 Å². The number of hydrogen-bond donors (Lipinski definition) is 3. The van der Waals surface area contributed by atoms with E-state index < -0.39 is 65.9 Å². The first-order valence-electron chi connectivity index (χ1n) is 11.4. The normalized spacial score (nSPS) is 19.6.